The van der Waals surface area contributed by atoms with Crippen molar-refractivity contribution in [3.05, 3.63) is 72.0 Å². The molecule has 0 fully saturated rings. The lowest BCUT2D eigenvalue weighted by Crippen LogP contribution is -2.15. The molecule has 0 amide bonds. The molecule has 0 saturated carbocycles. The number of benzene rings is 4. The fourth-order valence-corrected chi connectivity index (χ4v) is 6.29. The molecule has 0 saturated heterocycles. The van der Waals surface area contributed by atoms with Crippen LogP contribution in [0.3, 0.4) is 0 Å². The molecular formula is C27H22ClN7O11S3. The van der Waals surface area contributed by atoms with E-state index in [9.17, 15) is 44.0 Å². The second kappa shape index (κ2) is 13.1. The van der Waals surface area contributed by atoms with Crippen LogP contribution in [0.2, 0.25) is 5.28 Å². The van der Waals surface area contributed by atoms with Gasteiger partial charge in [-0.3, -0.25) is 13.7 Å². The van der Waals surface area contributed by atoms with Crippen molar-refractivity contribution in [1.29, 1.82) is 0 Å². The number of azo groups is 1. The SMILES string of the molecule is COc1ccc(N=Nc2c(S(=O)(=O)O)cc3cc(N(C)c4nc(Cl)nc(Nc5ccc(S(=O)(=O)O)cc5)n4)ccc3c2O)c(S(=O)(=O)O)c1. The Hall–Kier alpha value is -5.03. The van der Waals surface area contributed by atoms with Crippen LogP contribution in [0.15, 0.2) is 91.6 Å². The van der Waals surface area contributed by atoms with Crippen molar-refractivity contribution in [2.45, 2.75) is 14.7 Å². The molecular weight excluding hydrogens is 730 g/mol. The normalized spacial score (nSPS) is 12.4. The molecule has 5 rings (SSSR count). The van der Waals surface area contributed by atoms with Gasteiger partial charge in [-0.1, -0.05) is 0 Å². The average molecular weight is 752 g/mol. The second-order valence-electron chi connectivity index (χ2n) is 9.87. The summed E-state index contributed by atoms with van der Waals surface area (Å²) in [4.78, 5) is 11.9. The van der Waals surface area contributed by atoms with E-state index in [-0.39, 0.29) is 38.6 Å². The number of halogens is 1. The van der Waals surface area contributed by atoms with Gasteiger partial charge >= 0.3 is 0 Å². The quantitative estimate of drug-likeness (QED) is 0.0921. The Labute approximate surface area is 283 Å². The molecule has 5 N–H and O–H groups in total. The fourth-order valence-electron chi connectivity index (χ4n) is 4.36. The summed E-state index contributed by atoms with van der Waals surface area (Å²) in [7, 11) is -11.5. The molecule has 0 spiro atoms. The average Bonchev–Trinajstić information content (AvgIpc) is 3.02. The van der Waals surface area contributed by atoms with Gasteiger partial charge in [0.1, 0.15) is 26.9 Å². The zero-order valence-corrected chi connectivity index (χ0v) is 28.0. The number of phenols is 1. The standard InChI is InChI=1S/C27H22ClN7O11S3/c1-35(27-31-25(28)30-26(32-27)29-15-3-7-18(8-4-15)47(37,38)39)16-5-9-19-14(11-16)12-22(49(43,44)45)23(24(19)36)34-33-20-10-6-17(46-2)13-21(20)48(40,41)42/h3-13,36H,1-2H3,(H,37,38,39)(H,40,41,42)(H,43,44,45)(H,29,30,31,32). The predicted octanol–water partition coefficient (Wildman–Crippen LogP) is 5.06. The molecule has 0 aliphatic heterocycles. The lowest BCUT2D eigenvalue weighted by atomic mass is 10.1. The smallest absolute Gasteiger partial charge is 0.296 e. The first-order chi connectivity index (χ1) is 22.8. The third kappa shape index (κ3) is 7.83. The van der Waals surface area contributed by atoms with E-state index in [4.69, 9.17) is 16.3 Å². The summed E-state index contributed by atoms with van der Waals surface area (Å²) in [6.07, 6.45) is 0. The van der Waals surface area contributed by atoms with Crippen LogP contribution in [0, 0.1) is 0 Å². The molecule has 1 aromatic heterocycles. The van der Waals surface area contributed by atoms with E-state index in [2.05, 4.69) is 30.5 Å². The number of aromatic hydroxyl groups is 1. The van der Waals surface area contributed by atoms with Crippen LogP contribution in [0.5, 0.6) is 11.5 Å². The molecule has 49 heavy (non-hydrogen) atoms. The van der Waals surface area contributed by atoms with Gasteiger partial charge in [0.25, 0.3) is 30.4 Å². The highest BCUT2D eigenvalue weighted by Gasteiger charge is 2.24. The van der Waals surface area contributed by atoms with Crippen molar-refractivity contribution in [3.63, 3.8) is 0 Å². The van der Waals surface area contributed by atoms with Crippen LogP contribution in [0.1, 0.15) is 0 Å². The van der Waals surface area contributed by atoms with Crippen molar-refractivity contribution in [3.8, 4) is 11.5 Å². The molecule has 0 atom stereocenters. The number of methoxy groups -OCH3 is 1. The number of nitrogens with zero attached hydrogens (tertiary/aromatic N) is 6. The van der Waals surface area contributed by atoms with Gasteiger partial charge in [-0.05, 0) is 77.7 Å². The van der Waals surface area contributed by atoms with Gasteiger partial charge in [0.05, 0.1) is 12.0 Å². The monoisotopic (exact) mass is 751 g/mol. The van der Waals surface area contributed by atoms with E-state index in [0.29, 0.717) is 11.4 Å². The summed E-state index contributed by atoms with van der Waals surface area (Å²) >= 11 is 6.12. The summed E-state index contributed by atoms with van der Waals surface area (Å²) < 4.78 is 105. The molecule has 0 aliphatic rings. The maximum atomic E-state index is 12.4. The van der Waals surface area contributed by atoms with Gasteiger partial charge in [-0.15, -0.1) is 10.2 Å². The van der Waals surface area contributed by atoms with Crippen molar-refractivity contribution in [2.24, 2.45) is 10.2 Å². The summed E-state index contributed by atoms with van der Waals surface area (Å²) in [5, 5.41) is 21.2. The van der Waals surface area contributed by atoms with Crippen molar-refractivity contribution in [1.82, 2.24) is 15.0 Å². The molecule has 0 unspecified atom stereocenters. The Morgan fingerprint density at radius 3 is 2.08 bits per heavy atom. The molecule has 1 heterocycles. The zero-order valence-electron chi connectivity index (χ0n) is 24.8. The van der Waals surface area contributed by atoms with Gasteiger partial charge in [-0.2, -0.15) is 40.2 Å². The number of phenolic OH excluding ortho intramolecular Hbond substituents is 1. The van der Waals surface area contributed by atoms with E-state index < -0.39 is 57.3 Å². The Bertz CT molecular complexity index is 2480. The second-order valence-corrected chi connectivity index (χ2v) is 14.4. The molecule has 0 bridgehead atoms. The van der Waals surface area contributed by atoms with Gasteiger partial charge in [-0.25, -0.2) is 0 Å². The minimum Gasteiger partial charge on any atom is -0.505 e. The van der Waals surface area contributed by atoms with Gasteiger partial charge < -0.3 is 20.1 Å². The summed E-state index contributed by atoms with van der Waals surface area (Å²) in [5.41, 5.74) is -0.473. The van der Waals surface area contributed by atoms with E-state index >= 15 is 0 Å². The number of rotatable bonds is 10. The van der Waals surface area contributed by atoms with Crippen LogP contribution < -0.4 is 15.0 Å². The maximum absolute atomic E-state index is 12.4. The minimum atomic E-state index is -5.06. The number of ether oxygens (including phenoxy) is 1. The maximum Gasteiger partial charge on any atom is 0.296 e. The number of aromatic nitrogens is 3. The Morgan fingerprint density at radius 1 is 0.796 bits per heavy atom. The first kappa shape index (κ1) is 35.3. The Kier molecular flexibility index (Phi) is 9.44. The van der Waals surface area contributed by atoms with E-state index in [1.807, 2.05) is 0 Å². The van der Waals surface area contributed by atoms with E-state index in [1.165, 1.54) is 55.5 Å². The van der Waals surface area contributed by atoms with E-state index in [0.717, 1.165) is 30.3 Å². The van der Waals surface area contributed by atoms with Crippen LogP contribution in [0.4, 0.5) is 34.6 Å². The molecule has 0 aliphatic carbocycles. The third-order valence-corrected chi connectivity index (χ3v) is 9.49. The van der Waals surface area contributed by atoms with Gasteiger partial charge in [0, 0.05) is 29.9 Å². The fraction of sp³-hybridized carbons (Fsp3) is 0.0741. The van der Waals surface area contributed by atoms with Crippen molar-refractivity contribution < 1.29 is 48.8 Å². The molecule has 4 aromatic carbocycles. The molecule has 256 valence electrons. The van der Waals surface area contributed by atoms with Crippen molar-refractivity contribution in [2.75, 3.05) is 24.4 Å². The minimum absolute atomic E-state index is 0.00446. The first-order valence-electron chi connectivity index (χ1n) is 13.2. The van der Waals surface area contributed by atoms with Crippen LogP contribution in [-0.4, -0.2) is 73.1 Å². The zero-order chi connectivity index (χ0) is 35.9. The largest absolute Gasteiger partial charge is 0.505 e. The lowest BCUT2D eigenvalue weighted by molar-refractivity contribution is 0.412. The molecule has 22 heteroatoms. The van der Waals surface area contributed by atoms with Gasteiger partial charge in [0.2, 0.25) is 17.2 Å². The highest BCUT2D eigenvalue weighted by atomic mass is 35.5. The summed E-state index contributed by atoms with van der Waals surface area (Å²) in [5.74, 6) is -0.730. The number of nitrogens with one attached hydrogen (secondary N) is 1. The number of hydrogen-bond donors (Lipinski definition) is 5. The van der Waals surface area contributed by atoms with Crippen LogP contribution in [0.25, 0.3) is 10.8 Å². The summed E-state index contributed by atoms with van der Waals surface area (Å²) in [6, 6.07) is 13.7. The van der Waals surface area contributed by atoms with Crippen LogP contribution >= 0.6 is 11.6 Å². The molecule has 0 radical (unpaired) electrons. The number of fused-ring (bicyclic) bond motifs is 1. The highest BCUT2D eigenvalue weighted by molar-refractivity contribution is 7.86. The Morgan fingerprint density at radius 2 is 1.47 bits per heavy atom. The van der Waals surface area contributed by atoms with Crippen molar-refractivity contribution >= 4 is 87.4 Å². The predicted molar refractivity (Wildman–Crippen MR) is 175 cm³/mol. The lowest BCUT2D eigenvalue weighted by Gasteiger charge is -2.19. The number of hydrogen-bond acceptors (Lipinski definition) is 15. The first-order valence-corrected chi connectivity index (χ1v) is 17.9. The Balaban J connectivity index is 1.53. The summed E-state index contributed by atoms with van der Waals surface area (Å²) in [6.45, 7) is 0. The van der Waals surface area contributed by atoms with Gasteiger partial charge in [0.15, 0.2) is 5.75 Å². The third-order valence-electron chi connectivity index (χ3n) is 6.71. The molecule has 18 nitrogen and oxygen atoms in total. The molecule has 5 aromatic rings. The highest BCUT2D eigenvalue weighted by Crippen LogP contribution is 2.43. The number of anilines is 4. The van der Waals surface area contributed by atoms with E-state index in [1.54, 1.807) is 0 Å². The topological polar surface area (TPSA) is 271 Å². The van der Waals surface area contributed by atoms with Crippen LogP contribution in [-0.2, 0) is 30.4 Å².